The normalized spacial score (nSPS) is 19.9. The molecule has 0 radical (unpaired) electrons. The zero-order valence-corrected chi connectivity index (χ0v) is 20.1. The highest BCUT2D eigenvalue weighted by atomic mass is 16.5. The topological polar surface area (TPSA) is 128 Å². The smallest absolute Gasteiger partial charge is 0.250 e. The van der Waals surface area contributed by atoms with Gasteiger partial charge < -0.3 is 24.6 Å². The highest BCUT2D eigenvalue weighted by molar-refractivity contribution is 5.75. The van der Waals surface area contributed by atoms with Crippen molar-refractivity contribution in [1.29, 1.82) is 0 Å². The number of fused-ring (bicyclic) bond motifs is 4. The fraction of sp³-hybridized carbons (Fsp3) is 0.370. The zero-order chi connectivity index (χ0) is 25.4. The summed E-state index contributed by atoms with van der Waals surface area (Å²) >= 11 is 0. The number of aromatic nitrogens is 1. The molecule has 2 aliphatic rings. The summed E-state index contributed by atoms with van der Waals surface area (Å²) < 4.78 is 13.2. The third kappa shape index (κ3) is 4.66. The molecule has 3 aromatic rings. The van der Waals surface area contributed by atoms with E-state index in [1.807, 2.05) is 10.6 Å². The van der Waals surface area contributed by atoms with Crippen molar-refractivity contribution in [2.45, 2.75) is 37.8 Å². The number of rotatable bonds is 7. The van der Waals surface area contributed by atoms with Crippen LogP contribution in [-0.4, -0.2) is 40.7 Å². The van der Waals surface area contributed by atoms with Gasteiger partial charge in [0.1, 0.15) is 11.5 Å². The molecule has 188 valence electrons. The molecule has 36 heavy (non-hydrogen) atoms. The summed E-state index contributed by atoms with van der Waals surface area (Å²) in [7, 11) is 1.55. The molecule has 1 fully saturated rings. The van der Waals surface area contributed by atoms with Crippen molar-refractivity contribution in [2.24, 2.45) is 11.7 Å². The van der Waals surface area contributed by atoms with Crippen LogP contribution in [0.4, 0.5) is 0 Å². The Morgan fingerprint density at radius 2 is 1.94 bits per heavy atom. The molecule has 0 aliphatic carbocycles. The highest BCUT2D eigenvalue weighted by Gasteiger charge is 2.35. The predicted molar refractivity (Wildman–Crippen MR) is 132 cm³/mol. The number of carbonyl (C=O) groups excluding carboxylic acids is 1. The van der Waals surface area contributed by atoms with Crippen LogP contribution in [0.25, 0.3) is 0 Å². The first-order chi connectivity index (χ1) is 17.3. The van der Waals surface area contributed by atoms with Gasteiger partial charge in [0.2, 0.25) is 17.1 Å². The Balaban J connectivity index is 1.44. The maximum Gasteiger partial charge on any atom is 0.250 e. The zero-order valence-electron chi connectivity index (χ0n) is 20.1. The monoisotopic (exact) mass is 491 g/mol. The van der Waals surface area contributed by atoms with Crippen molar-refractivity contribution in [2.75, 3.05) is 20.2 Å². The van der Waals surface area contributed by atoms with Gasteiger partial charge >= 0.3 is 0 Å². The van der Waals surface area contributed by atoms with Crippen molar-refractivity contribution in [3.63, 3.8) is 0 Å². The van der Waals surface area contributed by atoms with Crippen LogP contribution in [0.5, 0.6) is 11.5 Å². The van der Waals surface area contributed by atoms with Gasteiger partial charge in [0.05, 0.1) is 19.6 Å². The number of ether oxygens (including phenoxy) is 1. The highest BCUT2D eigenvalue weighted by Crippen LogP contribution is 2.37. The number of piperidine rings is 1. The lowest BCUT2D eigenvalue weighted by Crippen LogP contribution is -2.46. The SMILES string of the molecule is COc1ccc(C(CC(N)=O)c2oc(CN3CC4CC(C3)c3cccc(=O)n3C4)cc(=O)c2O)cc1. The third-order valence-electron chi connectivity index (χ3n) is 7.17. The van der Waals surface area contributed by atoms with Gasteiger partial charge in [-0.3, -0.25) is 19.3 Å². The first-order valence-electron chi connectivity index (χ1n) is 12.0. The van der Waals surface area contributed by atoms with E-state index in [2.05, 4.69) is 4.90 Å². The van der Waals surface area contributed by atoms with E-state index in [-0.39, 0.29) is 23.7 Å². The first kappa shape index (κ1) is 23.9. The van der Waals surface area contributed by atoms with E-state index in [4.69, 9.17) is 14.9 Å². The second-order valence-corrected chi connectivity index (χ2v) is 9.68. The van der Waals surface area contributed by atoms with Crippen LogP contribution in [0, 0.1) is 5.92 Å². The molecule has 5 rings (SSSR count). The van der Waals surface area contributed by atoms with Crippen LogP contribution < -0.4 is 21.5 Å². The molecule has 9 heteroatoms. The third-order valence-corrected chi connectivity index (χ3v) is 7.17. The number of benzene rings is 1. The lowest BCUT2D eigenvalue weighted by Gasteiger charge is -2.42. The molecule has 4 heterocycles. The molecule has 2 aromatic heterocycles. The number of hydrogen-bond acceptors (Lipinski definition) is 7. The second-order valence-electron chi connectivity index (χ2n) is 9.68. The minimum absolute atomic E-state index is 0.0237. The first-order valence-corrected chi connectivity index (χ1v) is 12.0. The van der Waals surface area contributed by atoms with E-state index in [0.717, 1.165) is 25.2 Å². The van der Waals surface area contributed by atoms with Gasteiger partial charge in [-0.05, 0) is 36.1 Å². The Morgan fingerprint density at radius 1 is 1.17 bits per heavy atom. The van der Waals surface area contributed by atoms with Crippen LogP contribution in [0.2, 0.25) is 0 Å². The lowest BCUT2D eigenvalue weighted by atomic mass is 9.83. The molecular formula is C27H29N3O6. The average Bonchev–Trinajstić information content (AvgIpc) is 2.85. The summed E-state index contributed by atoms with van der Waals surface area (Å²) in [5.41, 5.74) is 6.67. The summed E-state index contributed by atoms with van der Waals surface area (Å²) in [6, 6.07) is 13.7. The summed E-state index contributed by atoms with van der Waals surface area (Å²) in [5, 5.41) is 10.6. The standard InChI is InChI=1S/C27H29N3O6/c1-35-19-7-5-17(6-8-19)21(11-24(28)32)27-26(34)23(31)10-20(36-27)15-29-12-16-9-18(14-29)22-3-2-4-25(33)30(22)13-16/h2-8,10,16,18,21,34H,9,11-15H2,1H3,(H2,28,32). The van der Waals surface area contributed by atoms with Crippen LogP contribution in [0.3, 0.4) is 0 Å². The van der Waals surface area contributed by atoms with Gasteiger partial charge in [0, 0.05) is 49.8 Å². The van der Waals surface area contributed by atoms with Crippen molar-refractivity contribution >= 4 is 5.91 Å². The molecular weight excluding hydrogens is 462 g/mol. The molecule has 0 saturated carbocycles. The van der Waals surface area contributed by atoms with E-state index in [1.54, 1.807) is 43.5 Å². The van der Waals surface area contributed by atoms with Gasteiger partial charge in [-0.2, -0.15) is 0 Å². The van der Waals surface area contributed by atoms with Crippen molar-refractivity contribution < 1.29 is 19.1 Å². The van der Waals surface area contributed by atoms with E-state index in [0.29, 0.717) is 36.1 Å². The van der Waals surface area contributed by atoms with Gasteiger partial charge in [-0.25, -0.2) is 0 Å². The summed E-state index contributed by atoms with van der Waals surface area (Å²) in [6.45, 7) is 2.53. The minimum Gasteiger partial charge on any atom is -0.502 e. The molecule has 1 saturated heterocycles. The summed E-state index contributed by atoms with van der Waals surface area (Å²) in [4.78, 5) is 39.1. The number of primary amides is 1. The Kier molecular flexibility index (Phi) is 6.40. The van der Waals surface area contributed by atoms with Gasteiger partial charge in [-0.1, -0.05) is 18.2 Å². The van der Waals surface area contributed by atoms with Crippen LogP contribution >= 0.6 is 0 Å². The minimum atomic E-state index is -0.722. The number of nitrogens with zero attached hydrogens (tertiary/aromatic N) is 2. The van der Waals surface area contributed by atoms with E-state index in [9.17, 15) is 19.5 Å². The molecule has 2 bridgehead atoms. The second kappa shape index (κ2) is 9.66. The summed E-state index contributed by atoms with van der Waals surface area (Å²) in [6.07, 6.45) is 0.883. The lowest BCUT2D eigenvalue weighted by molar-refractivity contribution is -0.118. The van der Waals surface area contributed by atoms with E-state index >= 15 is 0 Å². The van der Waals surface area contributed by atoms with Crippen molar-refractivity contribution in [3.8, 4) is 11.5 Å². The number of amides is 1. The molecule has 3 unspecified atom stereocenters. The number of carbonyl (C=O) groups is 1. The largest absolute Gasteiger partial charge is 0.502 e. The Bertz CT molecular complexity index is 1390. The van der Waals surface area contributed by atoms with Gasteiger partial charge in [-0.15, -0.1) is 0 Å². The average molecular weight is 492 g/mol. The molecule has 0 spiro atoms. The fourth-order valence-corrected chi connectivity index (χ4v) is 5.61. The molecule has 1 aromatic carbocycles. The quantitative estimate of drug-likeness (QED) is 0.518. The van der Waals surface area contributed by atoms with Crippen LogP contribution in [-0.2, 0) is 17.9 Å². The van der Waals surface area contributed by atoms with Gasteiger partial charge in [0.25, 0.3) is 5.56 Å². The summed E-state index contributed by atoms with van der Waals surface area (Å²) in [5.74, 6) is -0.225. The van der Waals surface area contributed by atoms with Crippen molar-refractivity contribution in [1.82, 2.24) is 9.47 Å². The Labute approximate surface area is 207 Å². The molecule has 3 atom stereocenters. The van der Waals surface area contributed by atoms with E-state index in [1.165, 1.54) is 6.07 Å². The fourth-order valence-electron chi connectivity index (χ4n) is 5.61. The number of hydrogen-bond donors (Lipinski definition) is 2. The molecule has 2 aliphatic heterocycles. The maximum absolute atomic E-state index is 12.7. The number of nitrogens with two attached hydrogens (primary N) is 1. The maximum atomic E-state index is 12.7. The van der Waals surface area contributed by atoms with Crippen molar-refractivity contribution in [3.05, 3.63) is 91.9 Å². The van der Waals surface area contributed by atoms with Crippen LogP contribution in [0.15, 0.2) is 62.5 Å². The number of methoxy groups -OCH3 is 1. The molecule has 9 nitrogen and oxygen atoms in total. The number of pyridine rings is 1. The van der Waals surface area contributed by atoms with E-state index < -0.39 is 23.0 Å². The predicted octanol–water partition coefficient (Wildman–Crippen LogP) is 2.14. The Morgan fingerprint density at radius 3 is 2.67 bits per heavy atom. The van der Waals surface area contributed by atoms with Gasteiger partial charge in [0.15, 0.2) is 5.76 Å². The van der Waals surface area contributed by atoms with Crippen LogP contribution in [0.1, 0.15) is 47.5 Å². The Hall–Kier alpha value is -3.85. The molecule has 1 amide bonds. The molecule has 3 N–H and O–H groups in total. The number of aromatic hydroxyl groups is 1. The number of likely N-dealkylation sites (tertiary alicyclic amines) is 1.